The first-order chi connectivity index (χ1) is 7.86. The molecule has 0 aliphatic carbocycles. The summed E-state index contributed by atoms with van der Waals surface area (Å²) in [5.74, 6) is 1.06. The molecule has 0 heterocycles. The lowest BCUT2D eigenvalue weighted by Gasteiger charge is -2.04. The summed E-state index contributed by atoms with van der Waals surface area (Å²) < 4.78 is 0. The van der Waals surface area contributed by atoms with Crippen molar-refractivity contribution in [2.45, 2.75) is 17.6 Å². The van der Waals surface area contributed by atoms with Crippen LogP contribution < -0.4 is 0 Å². The number of rotatable bonds is 4. The molecule has 0 N–H and O–H groups in total. The van der Waals surface area contributed by atoms with Crippen molar-refractivity contribution in [3.63, 3.8) is 0 Å². The smallest absolute Gasteiger partial charge is 0.0292 e. The fourth-order valence-corrected chi connectivity index (χ4v) is 3.76. The highest BCUT2D eigenvalue weighted by molar-refractivity contribution is 8.76. The van der Waals surface area contributed by atoms with Crippen molar-refractivity contribution >= 4 is 21.6 Å². The molecule has 82 valence electrons. The number of benzene rings is 2. The van der Waals surface area contributed by atoms with E-state index in [9.17, 15) is 0 Å². The summed E-state index contributed by atoms with van der Waals surface area (Å²) >= 11 is 0. The monoisotopic (exact) mass is 246 g/mol. The van der Waals surface area contributed by atoms with E-state index < -0.39 is 0 Å². The van der Waals surface area contributed by atoms with Crippen LogP contribution in [0.2, 0.25) is 0 Å². The van der Waals surface area contributed by atoms with Crippen molar-refractivity contribution in [3.05, 3.63) is 65.7 Å². The Kier molecular flexibility index (Phi) is 4.37. The maximum absolute atomic E-state index is 2.18. The van der Waals surface area contributed by atoms with E-state index in [1.807, 2.05) is 21.6 Å². The van der Waals surface area contributed by atoms with Gasteiger partial charge in [0.15, 0.2) is 0 Å². The fourth-order valence-electron chi connectivity index (χ4n) is 1.39. The zero-order valence-corrected chi connectivity index (χ0v) is 10.9. The van der Waals surface area contributed by atoms with Crippen LogP contribution >= 0.6 is 21.6 Å². The van der Waals surface area contributed by atoms with E-state index in [1.54, 1.807) is 0 Å². The minimum absolute atomic E-state index is 1.06. The van der Waals surface area contributed by atoms with Gasteiger partial charge in [-0.2, -0.15) is 0 Å². The Bertz CT molecular complexity index is 437. The van der Waals surface area contributed by atoms with Gasteiger partial charge in [-0.05, 0) is 24.1 Å². The van der Waals surface area contributed by atoms with Gasteiger partial charge in [0.25, 0.3) is 0 Å². The molecule has 0 fully saturated rings. The number of aryl methyl sites for hydroxylation is 1. The largest absolute Gasteiger partial charge is 0.0841 e. The third-order valence-electron chi connectivity index (χ3n) is 2.31. The van der Waals surface area contributed by atoms with E-state index in [0.29, 0.717) is 0 Å². The fraction of sp³-hybridized carbons (Fsp3) is 0.143. The van der Waals surface area contributed by atoms with Crippen LogP contribution in [0.25, 0.3) is 0 Å². The molecule has 0 bridgehead atoms. The van der Waals surface area contributed by atoms with E-state index in [1.165, 1.54) is 16.0 Å². The third kappa shape index (κ3) is 3.32. The van der Waals surface area contributed by atoms with Crippen LogP contribution in [0.1, 0.15) is 11.1 Å². The molecule has 0 aliphatic heterocycles. The summed E-state index contributed by atoms with van der Waals surface area (Å²) in [5.41, 5.74) is 2.74. The first-order valence-electron chi connectivity index (χ1n) is 5.25. The van der Waals surface area contributed by atoms with E-state index in [4.69, 9.17) is 0 Å². The molecule has 0 spiro atoms. The van der Waals surface area contributed by atoms with Gasteiger partial charge in [0.2, 0.25) is 0 Å². The molecule has 2 heteroatoms. The standard InChI is InChI=1S/C14H14S2/c1-12-7-5-6-10-14(12)16-15-11-13-8-3-2-4-9-13/h2-10H,11H2,1H3. The highest BCUT2D eigenvalue weighted by Crippen LogP contribution is 2.35. The molecule has 0 saturated carbocycles. The number of hydrogen-bond acceptors (Lipinski definition) is 2. The molecular formula is C14H14S2. The van der Waals surface area contributed by atoms with E-state index >= 15 is 0 Å². The second-order valence-electron chi connectivity index (χ2n) is 3.60. The third-order valence-corrected chi connectivity index (χ3v) is 4.76. The first-order valence-corrected chi connectivity index (χ1v) is 7.57. The van der Waals surface area contributed by atoms with Crippen molar-refractivity contribution in [3.8, 4) is 0 Å². The van der Waals surface area contributed by atoms with E-state index in [2.05, 4.69) is 61.5 Å². The molecule has 0 amide bonds. The summed E-state index contributed by atoms with van der Waals surface area (Å²) in [6.45, 7) is 2.16. The molecule has 2 rings (SSSR count). The molecule has 0 unspecified atom stereocenters. The predicted molar refractivity (Wildman–Crippen MR) is 74.8 cm³/mol. The van der Waals surface area contributed by atoms with Crippen LogP contribution in [-0.4, -0.2) is 0 Å². The Morgan fingerprint density at radius 3 is 2.31 bits per heavy atom. The highest BCUT2D eigenvalue weighted by atomic mass is 33.1. The molecule has 2 aromatic carbocycles. The summed E-state index contributed by atoms with van der Waals surface area (Å²) in [4.78, 5) is 1.36. The van der Waals surface area contributed by atoms with Crippen molar-refractivity contribution in [2.75, 3.05) is 0 Å². The van der Waals surface area contributed by atoms with Crippen LogP contribution in [-0.2, 0) is 5.75 Å². The summed E-state index contributed by atoms with van der Waals surface area (Å²) in [5, 5.41) is 0. The van der Waals surface area contributed by atoms with E-state index in [0.717, 1.165) is 5.75 Å². The van der Waals surface area contributed by atoms with Crippen LogP contribution in [0.3, 0.4) is 0 Å². The van der Waals surface area contributed by atoms with Crippen molar-refractivity contribution in [1.82, 2.24) is 0 Å². The lowest BCUT2D eigenvalue weighted by Crippen LogP contribution is -1.78. The summed E-state index contributed by atoms with van der Waals surface area (Å²) in [6, 6.07) is 19.1. The van der Waals surface area contributed by atoms with Crippen molar-refractivity contribution in [1.29, 1.82) is 0 Å². The maximum atomic E-state index is 2.18. The molecule has 0 saturated heterocycles. The van der Waals surface area contributed by atoms with Crippen LogP contribution in [0, 0.1) is 6.92 Å². The van der Waals surface area contributed by atoms with Gasteiger partial charge in [0.05, 0.1) is 0 Å². The van der Waals surface area contributed by atoms with Gasteiger partial charge in [-0.25, -0.2) is 0 Å². The molecule has 0 atom stereocenters. The lowest BCUT2D eigenvalue weighted by molar-refractivity contribution is 1.31. The second kappa shape index (κ2) is 6.02. The molecule has 0 aromatic heterocycles. The second-order valence-corrected chi connectivity index (χ2v) is 5.93. The molecule has 0 aliphatic rings. The molecular weight excluding hydrogens is 232 g/mol. The van der Waals surface area contributed by atoms with Gasteiger partial charge in [-0.3, -0.25) is 0 Å². The van der Waals surface area contributed by atoms with Crippen molar-refractivity contribution in [2.24, 2.45) is 0 Å². The van der Waals surface area contributed by atoms with Gasteiger partial charge in [0.1, 0.15) is 0 Å². The average molecular weight is 246 g/mol. The Balaban J connectivity index is 1.87. The SMILES string of the molecule is Cc1ccccc1SSCc1ccccc1. The maximum Gasteiger partial charge on any atom is 0.0292 e. The zero-order valence-electron chi connectivity index (χ0n) is 9.22. The predicted octanol–water partition coefficient (Wildman–Crippen LogP) is 4.94. The van der Waals surface area contributed by atoms with Crippen LogP contribution in [0.4, 0.5) is 0 Å². The van der Waals surface area contributed by atoms with Gasteiger partial charge in [-0.1, -0.05) is 70.1 Å². The highest BCUT2D eigenvalue weighted by Gasteiger charge is 1.98. The number of hydrogen-bond donors (Lipinski definition) is 0. The lowest BCUT2D eigenvalue weighted by atomic mass is 10.2. The average Bonchev–Trinajstić information content (AvgIpc) is 2.33. The van der Waals surface area contributed by atoms with Gasteiger partial charge in [0, 0.05) is 10.6 Å². The molecule has 0 nitrogen and oxygen atoms in total. The Morgan fingerprint density at radius 2 is 1.56 bits per heavy atom. The van der Waals surface area contributed by atoms with Crippen molar-refractivity contribution < 1.29 is 0 Å². The minimum atomic E-state index is 1.06. The molecule has 0 radical (unpaired) electrons. The summed E-state index contributed by atoms with van der Waals surface area (Å²) in [7, 11) is 3.75. The normalized spacial score (nSPS) is 10.3. The van der Waals surface area contributed by atoms with E-state index in [-0.39, 0.29) is 0 Å². The van der Waals surface area contributed by atoms with Crippen LogP contribution in [0.15, 0.2) is 59.5 Å². The Hall–Kier alpha value is -0.860. The topological polar surface area (TPSA) is 0 Å². The van der Waals surface area contributed by atoms with Gasteiger partial charge in [-0.15, -0.1) is 0 Å². The molecule has 2 aromatic rings. The first kappa shape index (κ1) is 11.6. The Labute approximate surface area is 105 Å². The Morgan fingerprint density at radius 1 is 0.875 bits per heavy atom. The zero-order chi connectivity index (χ0) is 11.2. The van der Waals surface area contributed by atoms with Gasteiger partial charge >= 0.3 is 0 Å². The quantitative estimate of drug-likeness (QED) is 0.701. The van der Waals surface area contributed by atoms with Crippen LogP contribution in [0.5, 0.6) is 0 Å². The van der Waals surface area contributed by atoms with Gasteiger partial charge < -0.3 is 0 Å². The minimum Gasteiger partial charge on any atom is -0.0841 e. The summed E-state index contributed by atoms with van der Waals surface area (Å²) in [6.07, 6.45) is 0. The molecule has 16 heavy (non-hydrogen) atoms.